The molecule has 1 aromatic carbocycles. The van der Waals surface area contributed by atoms with Gasteiger partial charge in [-0.05, 0) is 76.5 Å². The molecule has 0 saturated heterocycles. The van der Waals surface area contributed by atoms with Crippen LogP contribution in [0.15, 0.2) is 30.5 Å². The molecule has 4 heteroatoms. The Morgan fingerprint density at radius 1 is 1.32 bits per heavy atom. The maximum Gasteiger partial charge on any atom is 0.170 e. The predicted molar refractivity (Wildman–Crippen MR) is 113 cm³/mol. The largest absolute Gasteiger partial charge is 0.505 e. The maximum absolute atomic E-state index is 15.1. The summed E-state index contributed by atoms with van der Waals surface area (Å²) in [7, 11) is 0. The minimum atomic E-state index is -0.920. The molecule has 1 aromatic rings. The molecule has 0 aliphatic heterocycles. The number of phenols is 1. The molecule has 3 unspecified atom stereocenters. The van der Waals surface area contributed by atoms with Gasteiger partial charge in [0, 0.05) is 17.2 Å². The van der Waals surface area contributed by atoms with Crippen molar-refractivity contribution in [2.45, 2.75) is 78.4 Å². The second-order valence-electron chi connectivity index (χ2n) is 8.17. The van der Waals surface area contributed by atoms with Gasteiger partial charge in [-0.3, -0.25) is 0 Å². The zero-order chi connectivity index (χ0) is 20.8. The molecule has 1 saturated carbocycles. The fourth-order valence-corrected chi connectivity index (χ4v) is 4.35. The average Bonchev–Trinajstić information content (AvgIpc) is 3.18. The number of aromatic hydroxyl groups is 1. The highest BCUT2D eigenvalue weighted by Crippen LogP contribution is 2.39. The van der Waals surface area contributed by atoms with E-state index in [-0.39, 0.29) is 11.7 Å². The number of rotatable bonds is 9. The maximum atomic E-state index is 15.1. The Morgan fingerprint density at radius 2 is 1.96 bits per heavy atom. The van der Waals surface area contributed by atoms with E-state index in [2.05, 4.69) is 18.0 Å². The molecule has 0 heterocycles. The van der Waals surface area contributed by atoms with Crippen molar-refractivity contribution in [3.63, 3.8) is 0 Å². The lowest BCUT2D eigenvalue weighted by atomic mass is 9.84. The van der Waals surface area contributed by atoms with Crippen molar-refractivity contribution in [3.05, 3.63) is 53.0 Å². The van der Waals surface area contributed by atoms with Gasteiger partial charge in [0.1, 0.15) is 0 Å². The Bertz CT molecular complexity index is 679. The first-order chi connectivity index (χ1) is 13.3. The lowest BCUT2D eigenvalue weighted by molar-refractivity contribution is 0.298. The summed E-state index contributed by atoms with van der Waals surface area (Å²) in [6.07, 6.45) is 8.56. The van der Waals surface area contributed by atoms with Crippen LogP contribution in [-0.4, -0.2) is 11.3 Å². The minimum absolute atomic E-state index is 0.149. The number of nitrogens with one attached hydrogen (secondary N) is 1. The number of aryl methyl sites for hydroxylation is 1. The number of phenolic OH excluding ortho intramolecular Hbond substituents is 1. The quantitative estimate of drug-likeness (QED) is 0.453. The van der Waals surface area contributed by atoms with Gasteiger partial charge >= 0.3 is 0 Å². The summed E-state index contributed by atoms with van der Waals surface area (Å²) >= 11 is 0. The molecule has 1 fully saturated rings. The van der Waals surface area contributed by atoms with Crippen molar-refractivity contribution in [1.29, 1.82) is 0 Å². The standard InChI is InChI=1S/C24H35F2NO/c1-6-18(13-12-16(4)25)24(27-20(7-2)19-10-8-9-11-19)22-17(5)15(3)14-21(28)23(22)26/h6-7,14,16,18-19,24,27-28H,1,8-13H2,2-5H3/b20-7+. The summed E-state index contributed by atoms with van der Waals surface area (Å²) in [4.78, 5) is 0. The highest BCUT2D eigenvalue weighted by Gasteiger charge is 2.30. The van der Waals surface area contributed by atoms with Crippen LogP contribution in [0.2, 0.25) is 0 Å². The Morgan fingerprint density at radius 3 is 2.50 bits per heavy atom. The van der Waals surface area contributed by atoms with Gasteiger partial charge in [0.2, 0.25) is 0 Å². The molecule has 0 bridgehead atoms. The van der Waals surface area contributed by atoms with E-state index >= 15 is 4.39 Å². The van der Waals surface area contributed by atoms with Gasteiger partial charge in [-0.2, -0.15) is 0 Å². The third-order valence-electron chi connectivity index (χ3n) is 6.18. The number of halogens is 2. The monoisotopic (exact) mass is 391 g/mol. The van der Waals surface area contributed by atoms with Crippen molar-refractivity contribution in [1.82, 2.24) is 5.32 Å². The lowest BCUT2D eigenvalue weighted by Gasteiger charge is -2.32. The molecule has 156 valence electrons. The molecule has 3 atom stereocenters. The normalized spacial score (nSPS) is 18.7. The highest BCUT2D eigenvalue weighted by molar-refractivity contribution is 5.44. The molecule has 28 heavy (non-hydrogen) atoms. The van der Waals surface area contributed by atoms with Crippen LogP contribution in [0, 0.1) is 31.5 Å². The Labute approximate surface area is 168 Å². The van der Waals surface area contributed by atoms with Crippen molar-refractivity contribution >= 4 is 0 Å². The van der Waals surface area contributed by atoms with Crippen LogP contribution in [0.5, 0.6) is 5.75 Å². The highest BCUT2D eigenvalue weighted by atomic mass is 19.1. The van der Waals surface area contributed by atoms with E-state index in [1.54, 1.807) is 13.0 Å². The smallest absolute Gasteiger partial charge is 0.170 e. The molecule has 0 aromatic heterocycles. The lowest BCUT2D eigenvalue weighted by Crippen LogP contribution is -2.31. The van der Waals surface area contributed by atoms with Crippen LogP contribution in [0.25, 0.3) is 0 Å². The van der Waals surface area contributed by atoms with Gasteiger partial charge in [0.15, 0.2) is 11.6 Å². The van der Waals surface area contributed by atoms with Gasteiger partial charge in [-0.1, -0.05) is 25.0 Å². The molecule has 2 rings (SSSR count). The Balaban J connectivity index is 2.48. The van der Waals surface area contributed by atoms with Crippen molar-refractivity contribution < 1.29 is 13.9 Å². The summed E-state index contributed by atoms with van der Waals surface area (Å²) in [5.41, 5.74) is 3.23. The molecule has 2 N–H and O–H groups in total. The van der Waals surface area contributed by atoms with E-state index in [1.807, 2.05) is 20.8 Å². The first kappa shape index (κ1) is 22.4. The Kier molecular flexibility index (Phi) is 8.09. The number of allylic oxidation sites excluding steroid dienone is 2. The zero-order valence-electron chi connectivity index (χ0n) is 17.7. The number of benzene rings is 1. The van der Waals surface area contributed by atoms with E-state index in [4.69, 9.17) is 0 Å². The minimum Gasteiger partial charge on any atom is -0.505 e. The predicted octanol–water partition coefficient (Wildman–Crippen LogP) is 6.81. The van der Waals surface area contributed by atoms with Gasteiger partial charge in [0.05, 0.1) is 12.2 Å². The Hall–Kier alpha value is -1.84. The second kappa shape index (κ2) is 10.1. The number of hydrogen-bond acceptors (Lipinski definition) is 2. The van der Waals surface area contributed by atoms with Gasteiger partial charge in [-0.15, -0.1) is 6.58 Å². The van der Waals surface area contributed by atoms with Crippen LogP contribution in [0.3, 0.4) is 0 Å². The summed E-state index contributed by atoms with van der Waals surface area (Å²) < 4.78 is 28.6. The molecule has 0 amide bonds. The van der Waals surface area contributed by atoms with Crippen LogP contribution in [0.1, 0.15) is 75.1 Å². The van der Waals surface area contributed by atoms with Gasteiger partial charge < -0.3 is 10.4 Å². The molecule has 2 nitrogen and oxygen atoms in total. The first-order valence-corrected chi connectivity index (χ1v) is 10.5. The molecule has 0 radical (unpaired) electrons. The summed E-state index contributed by atoms with van der Waals surface area (Å²) in [5.74, 6) is -0.638. The van der Waals surface area contributed by atoms with Crippen molar-refractivity contribution in [2.75, 3.05) is 0 Å². The van der Waals surface area contributed by atoms with E-state index in [9.17, 15) is 9.50 Å². The van der Waals surface area contributed by atoms with Gasteiger partial charge in [0.25, 0.3) is 0 Å². The van der Waals surface area contributed by atoms with E-state index < -0.39 is 18.0 Å². The molecular formula is C24H35F2NO. The first-order valence-electron chi connectivity index (χ1n) is 10.5. The summed E-state index contributed by atoms with van der Waals surface area (Å²) in [6.45, 7) is 11.2. The molecule has 1 aliphatic rings. The van der Waals surface area contributed by atoms with Crippen LogP contribution < -0.4 is 5.32 Å². The second-order valence-corrected chi connectivity index (χ2v) is 8.17. The number of hydrogen-bond donors (Lipinski definition) is 2. The topological polar surface area (TPSA) is 32.3 Å². The van der Waals surface area contributed by atoms with Crippen molar-refractivity contribution in [2.24, 2.45) is 11.8 Å². The third-order valence-corrected chi connectivity index (χ3v) is 6.18. The van der Waals surface area contributed by atoms with Crippen LogP contribution >= 0.6 is 0 Å². The SMILES string of the molecule is C=CC(CCC(C)F)C(N/C(=C/C)C1CCCC1)c1c(C)c(C)cc(O)c1F. The van der Waals surface area contributed by atoms with Crippen LogP contribution in [0.4, 0.5) is 8.78 Å². The molecule has 0 spiro atoms. The summed E-state index contributed by atoms with van der Waals surface area (Å²) in [5, 5.41) is 13.7. The molecular weight excluding hydrogens is 356 g/mol. The zero-order valence-corrected chi connectivity index (χ0v) is 17.7. The van der Waals surface area contributed by atoms with E-state index in [0.29, 0.717) is 24.3 Å². The van der Waals surface area contributed by atoms with E-state index in [1.165, 1.54) is 18.9 Å². The van der Waals surface area contributed by atoms with Gasteiger partial charge in [-0.25, -0.2) is 8.78 Å². The van der Waals surface area contributed by atoms with Crippen LogP contribution in [-0.2, 0) is 0 Å². The van der Waals surface area contributed by atoms with E-state index in [0.717, 1.165) is 29.7 Å². The summed E-state index contributed by atoms with van der Waals surface area (Å²) in [6, 6.07) is 1.07. The fraction of sp³-hybridized carbons (Fsp3) is 0.583. The molecule has 1 aliphatic carbocycles. The third kappa shape index (κ3) is 5.15. The average molecular weight is 392 g/mol. The van der Waals surface area contributed by atoms with Crippen molar-refractivity contribution in [3.8, 4) is 5.75 Å². The fourth-order valence-electron chi connectivity index (χ4n) is 4.35. The number of alkyl halides is 1.